The summed E-state index contributed by atoms with van der Waals surface area (Å²) in [6.45, 7) is 44.1. The molecule has 0 radical (unpaired) electrons. The summed E-state index contributed by atoms with van der Waals surface area (Å²) in [5.41, 5.74) is 2.89. The number of carbonyl (C=O) groups is 3. The van der Waals surface area contributed by atoms with Crippen molar-refractivity contribution in [1.29, 1.82) is 0 Å². The second kappa shape index (κ2) is 20.1. The minimum absolute atomic E-state index is 0.0545. The topological polar surface area (TPSA) is 123 Å². The molecule has 4 rings (SSSR count). The number of unbranched alkanes of at least 4 members (excludes halogenated alkanes) is 1. The number of hydrogen-bond donors (Lipinski definition) is 2. The van der Waals surface area contributed by atoms with Gasteiger partial charge >= 0.3 is 11.9 Å². The van der Waals surface area contributed by atoms with E-state index in [1.54, 1.807) is 0 Å². The van der Waals surface area contributed by atoms with Gasteiger partial charge in [0, 0.05) is 35.2 Å². The lowest BCUT2D eigenvalue weighted by atomic mass is 9.59. The fourth-order valence-electron chi connectivity index (χ4n) is 11.1. The molecule has 5 unspecified atom stereocenters. The van der Waals surface area contributed by atoms with Crippen LogP contribution < -0.4 is 5.32 Å². The monoisotopic (exact) mass is 875 g/mol. The number of aromatic nitrogens is 2. The predicted molar refractivity (Wildman–Crippen MR) is 259 cm³/mol. The summed E-state index contributed by atoms with van der Waals surface area (Å²) in [7, 11) is 0. The van der Waals surface area contributed by atoms with Crippen LogP contribution in [0.4, 0.5) is 0 Å². The molecule has 0 spiro atoms. The number of nitrogens with one attached hydrogen (secondary N) is 2. The first-order valence-corrected chi connectivity index (χ1v) is 24.8. The molecule has 9 heteroatoms. The van der Waals surface area contributed by atoms with Crippen LogP contribution in [0.2, 0.25) is 0 Å². The molecule has 2 saturated carbocycles. The highest BCUT2D eigenvalue weighted by atomic mass is 16.5. The van der Waals surface area contributed by atoms with E-state index in [1.807, 2.05) is 26.8 Å². The van der Waals surface area contributed by atoms with Gasteiger partial charge in [-0.15, -0.1) is 0 Å². The van der Waals surface area contributed by atoms with Crippen LogP contribution in [0.5, 0.6) is 0 Å². The van der Waals surface area contributed by atoms with E-state index in [0.29, 0.717) is 40.8 Å². The zero-order valence-corrected chi connectivity index (χ0v) is 43.5. The van der Waals surface area contributed by atoms with Crippen molar-refractivity contribution < 1.29 is 23.9 Å². The van der Waals surface area contributed by atoms with Gasteiger partial charge in [0.2, 0.25) is 5.91 Å². The third kappa shape index (κ3) is 12.4. The second-order valence-electron chi connectivity index (χ2n) is 25.0. The van der Waals surface area contributed by atoms with E-state index >= 15 is 4.79 Å². The Balaban J connectivity index is 1.87. The van der Waals surface area contributed by atoms with Gasteiger partial charge in [0.25, 0.3) is 0 Å². The number of amides is 1. The zero-order chi connectivity index (χ0) is 47.7. The number of esters is 2. The molecule has 9 nitrogen and oxygen atoms in total. The molecule has 1 aromatic rings. The van der Waals surface area contributed by atoms with Gasteiger partial charge < -0.3 is 14.8 Å². The first-order valence-electron chi connectivity index (χ1n) is 24.8. The number of nitrogens with zero attached hydrogens (tertiary/aromatic N) is 2. The highest BCUT2D eigenvalue weighted by molar-refractivity contribution is 6.25. The Bertz CT molecular complexity index is 1820. The van der Waals surface area contributed by atoms with Gasteiger partial charge in [0.1, 0.15) is 23.6 Å². The van der Waals surface area contributed by atoms with Crippen molar-refractivity contribution in [1.82, 2.24) is 15.5 Å². The molecule has 1 aromatic heterocycles. The van der Waals surface area contributed by atoms with E-state index < -0.39 is 11.9 Å². The van der Waals surface area contributed by atoms with Crippen LogP contribution in [0.15, 0.2) is 21.8 Å². The fraction of sp³-hybridized carbons (Fsp3) is 0.796. The molecule has 0 aromatic carbocycles. The largest absolute Gasteiger partial charge is 0.458 e. The summed E-state index contributed by atoms with van der Waals surface area (Å²) in [4.78, 5) is 48.8. The van der Waals surface area contributed by atoms with Crippen LogP contribution in [-0.4, -0.2) is 46.1 Å². The molecule has 1 amide bonds. The zero-order valence-electron chi connectivity index (χ0n) is 43.5. The number of allylic oxidation sites excluding steroid dienone is 1. The summed E-state index contributed by atoms with van der Waals surface area (Å²) < 4.78 is 13.5. The third-order valence-corrected chi connectivity index (χ3v) is 14.8. The van der Waals surface area contributed by atoms with Gasteiger partial charge in [-0.25, -0.2) is 14.6 Å². The normalized spacial score (nSPS) is 27.5. The van der Waals surface area contributed by atoms with Gasteiger partial charge in [-0.3, -0.25) is 9.89 Å². The number of ether oxygens (including phenoxy) is 2. The van der Waals surface area contributed by atoms with E-state index in [1.165, 1.54) is 0 Å². The lowest BCUT2D eigenvalue weighted by molar-refractivity contribution is -0.164. The Kier molecular flexibility index (Phi) is 16.7. The van der Waals surface area contributed by atoms with Crippen molar-refractivity contribution >= 4 is 29.8 Å². The van der Waals surface area contributed by atoms with Crippen LogP contribution in [0, 0.1) is 69.0 Å². The van der Waals surface area contributed by atoms with Gasteiger partial charge in [-0.1, -0.05) is 151 Å². The molecule has 2 aliphatic carbocycles. The SMILES string of the molecule is CCCCC(CC)C(=O)NC1=N/C(=C\c2[nH]nc(C(=O)OC3C(C(C)(C)C)CC(C)CC3C(C)(C)C)c2C(C)C)C(C(C)C)=C1C(=O)OC1C(C(C)(C)C)CC(C)CC1C(C)(C)C. The summed E-state index contributed by atoms with van der Waals surface area (Å²) >= 11 is 0. The van der Waals surface area contributed by atoms with E-state index in [0.717, 1.165) is 50.5 Å². The average molecular weight is 875 g/mol. The average Bonchev–Trinajstić information content (AvgIpc) is 3.73. The summed E-state index contributed by atoms with van der Waals surface area (Å²) in [5.74, 6) is 0.472. The maximum atomic E-state index is 15.1. The molecular formula is C54H90N4O5. The molecule has 63 heavy (non-hydrogen) atoms. The van der Waals surface area contributed by atoms with Crippen molar-refractivity contribution in [2.24, 2.45) is 74.0 Å². The smallest absolute Gasteiger partial charge is 0.359 e. The molecule has 2 fully saturated rings. The minimum Gasteiger partial charge on any atom is -0.458 e. The Morgan fingerprint density at radius 1 is 0.714 bits per heavy atom. The van der Waals surface area contributed by atoms with Gasteiger partial charge in [-0.2, -0.15) is 5.10 Å². The van der Waals surface area contributed by atoms with Crippen molar-refractivity contribution in [2.75, 3.05) is 0 Å². The number of amidine groups is 1. The third-order valence-electron chi connectivity index (χ3n) is 14.8. The first kappa shape index (κ1) is 52.4. The molecule has 5 atom stereocenters. The van der Waals surface area contributed by atoms with E-state index in [-0.39, 0.29) is 92.7 Å². The van der Waals surface area contributed by atoms with Crippen molar-refractivity contribution in [2.45, 2.75) is 208 Å². The van der Waals surface area contributed by atoms with Gasteiger partial charge in [0.15, 0.2) is 5.69 Å². The van der Waals surface area contributed by atoms with Crippen molar-refractivity contribution in [3.05, 3.63) is 33.8 Å². The predicted octanol–water partition coefficient (Wildman–Crippen LogP) is 13.5. The molecule has 0 saturated heterocycles. The minimum atomic E-state index is -0.452. The van der Waals surface area contributed by atoms with Crippen LogP contribution in [0.1, 0.15) is 218 Å². The Labute approximate surface area is 383 Å². The van der Waals surface area contributed by atoms with E-state index in [2.05, 4.69) is 133 Å². The van der Waals surface area contributed by atoms with Crippen LogP contribution in [0.25, 0.3) is 6.08 Å². The highest BCUT2D eigenvalue weighted by Gasteiger charge is 2.50. The molecule has 0 bridgehead atoms. The van der Waals surface area contributed by atoms with E-state index in [9.17, 15) is 9.59 Å². The summed E-state index contributed by atoms with van der Waals surface area (Å²) in [6, 6.07) is 0. The lowest BCUT2D eigenvalue weighted by Crippen LogP contribution is -2.50. The van der Waals surface area contributed by atoms with Crippen molar-refractivity contribution in [3.8, 4) is 0 Å². The quantitative estimate of drug-likeness (QED) is 0.202. The molecule has 2 heterocycles. The molecular weight excluding hydrogens is 785 g/mol. The summed E-state index contributed by atoms with van der Waals surface area (Å²) in [5, 5.41) is 11.0. The number of carbonyl (C=O) groups excluding carboxylic acids is 3. The van der Waals surface area contributed by atoms with Gasteiger partial charge in [-0.05, 0) is 95.5 Å². The second-order valence-corrected chi connectivity index (χ2v) is 25.0. The molecule has 1 aliphatic heterocycles. The Hall–Kier alpha value is -3.23. The Morgan fingerprint density at radius 3 is 1.54 bits per heavy atom. The van der Waals surface area contributed by atoms with E-state index in [4.69, 9.17) is 14.5 Å². The number of hydrogen-bond acceptors (Lipinski definition) is 7. The molecule has 356 valence electrons. The standard InChI is InChI=1S/C54H90N4O5/c1-21-23-24-34(22-2)48(59)56-47-43(49(60)62-45-35(51(9,10)11)25-32(7)26-36(45)52(12,13)14)41(30(3)4)39(55-47)29-40-42(31(5)6)44(58-57-40)50(61)63-46-37(53(15,16)17)27-33(8)28-38(46)54(18,19)20/h29-38,45-46H,21-28H2,1-20H3,(H,57,58)(H,55,56,59)/b39-29-. The fourth-order valence-corrected chi connectivity index (χ4v) is 11.1. The lowest BCUT2D eigenvalue weighted by Gasteiger charge is -2.50. The molecule has 3 aliphatic rings. The maximum Gasteiger partial charge on any atom is 0.359 e. The highest BCUT2D eigenvalue weighted by Crippen LogP contribution is 2.52. The first-order chi connectivity index (χ1) is 28.9. The van der Waals surface area contributed by atoms with Crippen LogP contribution in [0.3, 0.4) is 0 Å². The Morgan fingerprint density at radius 2 is 1.16 bits per heavy atom. The number of rotatable bonds is 12. The number of H-pyrrole nitrogens is 1. The number of aliphatic imine (C=N–C) groups is 1. The van der Waals surface area contributed by atoms with Gasteiger partial charge in [0.05, 0.1) is 11.4 Å². The summed E-state index contributed by atoms with van der Waals surface area (Å²) in [6.07, 6.45) is 8.63. The molecule has 2 N–H and O–H groups in total. The van der Waals surface area contributed by atoms with Crippen LogP contribution >= 0.6 is 0 Å². The van der Waals surface area contributed by atoms with Crippen LogP contribution in [-0.2, 0) is 19.1 Å². The maximum absolute atomic E-state index is 15.1. The van der Waals surface area contributed by atoms with Crippen molar-refractivity contribution in [3.63, 3.8) is 0 Å². The number of aromatic amines is 1.